The van der Waals surface area contributed by atoms with Crippen LogP contribution in [0, 0.1) is 5.92 Å². The van der Waals surface area contributed by atoms with Crippen molar-refractivity contribution in [3.8, 4) is 0 Å². The third-order valence-corrected chi connectivity index (χ3v) is 4.77. The highest BCUT2D eigenvalue weighted by molar-refractivity contribution is 5.19. The van der Waals surface area contributed by atoms with Crippen molar-refractivity contribution in [1.29, 1.82) is 0 Å². The van der Waals surface area contributed by atoms with Crippen LogP contribution in [0.2, 0.25) is 0 Å². The first-order valence-corrected chi connectivity index (χ1v) is 8.25. The van der Waals surface area contributed by atoms with Crippen LogP contribution >= 0.6 is 0 Å². The number of piperazine rings is 1. The Hall–Kier alpha value is -0.900. The maximum atomic E-state index is 10.9. The van der Waals surface area contributed by atoms with Gasteiger partial charge in [-0.3, -0.25) is 9.80 Å². The van der Waals surface area contributed by atoms with Crippen molar-refractivity contribution in [3.05, 3.63) is 35.9 Å². The standard InChI is InChI=1S/C18H30N2O/c1-5-19-11-12-20(13-15(19)4)17(14(2)3)18(21)16-9-7-6-8-10-16/h6-10,14-15,17-18,21H,5,11-13H2,1-4H3. The van der Waals surface area contributed by atoms with Crippen LogP contribution < -0.4 is 0 Å². The minimum atomic E-state index is -0.411. The SMILES string of the molecule is CCN1CCN(C(C(C)C)C(O)c2ccccc2)CC1C. The maximum Gasteiger partial charge on any atom is 0.0947 e. The van der Waals surface area contributed by atoms with Crippen molar-refractivity contribution in [2.45, 2.75) is 45.9 Å². The summed E-state index contributed by atoms with van der Waals surface area (Å²) in [7, 11) is 0. The summed E-state index contributed by atoms with van der Waals surface area (Å²) >= 11 is 0. The lowest BCUT2D eigenvalue weighted by atomic mass is 9.91. The molecule has 3 unspecified atom stereocenters. The molecule has 21 heavy (non-hydrogen) atoms. The molecule has 0 spiro atoms. The summed E-state index contributed by atoms with van der Waals surface area (Å²) in [5.74, 6) is 0.431. The number of rotatable bonds is 5. The summed E-state index contributed by atoms with van der Waals surface area (Å²) in [5.41, 5.74) is 1.03. The van der Waals surface area contributed by atoms with Crippen molar-refractivity contribution in [2.75, 3.05) is 26.2 Å². The summed E-state index contributed by atoms with van der Waals surface area (Å²) in [5, 5.41) is 10.9. The van der Waals surface area contributed by atoms with Gasteiger partial charge in [-0.05, 0) is 24.9 Å². The van der Waals surface area contributed by atoms with Crippen LogP contribution in [0.15, 0.2) is 30.3 Å². The second kappa shape index (κ2) is 7.39. The summed E-state index contributed by atoms with van der Waals surface area (Å²) in [4.78, 5) is 5.00. The molecule has 3 atom stereocenters. The molecule has 1 fully saturated rings. The molecule has 0 aromatic heterocycles. The molecular formula is C18H30N2O. The lowest BCUT2D eigenvalue weighted by Gasteiger charge is -2.45. The van der Waals surface area contributed by atoms with Crippen LogP contribution in [0.5, 0.6) is 0 Å². The average molecular weight is 290 g/mol. The zero-order valence-electron chi connectivity index (χ0n) is 13.9. The molecule has 2 rings (SSSR count). The lowest BCUT2D eigenvalue weighted by molar-refractivity contribution is -0.0187. The van der Waals surface area contributed by atoms with Crippen LogP contribution in [0.1, 0.15) is 39.4 Å². The summed E-state index contributed by atoms with van der Waals surface area (Å²) < 4.78 is 0. The van der Waals surface area contributed by atoms with Crippen molar-refractivity contribution >= 4 is 0 Å². The number of aliphatic hydroxyl groups is 1. The quantitative estimate of drug-likeness (QED) is 0.903. The van der Waals surface area contributed by atoms with Gasteiger partial charge in [0, 0.05) is 31.7 Å². The summed E-state index contributed by atoms with van der Waals surface area (Å²) in [6, 6.07) is 10.8. The van der Waals surface area contributed by atoms with Gasteiger partial charge in [0.2, 0.25) is 0 Å². The molecule has 3 heteroatoms. The smallest absolute Gasteiger partial charge is 0.0947 e. The van der Waals surface area contributed by atoms with E-state index in [1.54, 1.807) is 0 Å². The summed E-state index contributed by atoms with van der Waals surface area (Å²) in [6.45, 7) is 13.3. The Kier molecular flexibility index (Phi) is 5.80. The van der Waals surface area contributed by atoms with Gasteiger partial charge in [0.1, 0.15) is 0 Å². The predicted molar refractivity (Wildman–Crippen MR) is 88.3 cm³/mol. The molecule has 3 nitrogen and oxygen atoms in total. The topological polar surface area (TPSA) is 26.7 Å². The van der Waals surface area contributed by atoms with Gasteiger partial charge >= 0.3 is 0 Å². The Labute approximate surface area is 129 Å². The van der Waals surface area contributed by atoms with E-state index in [-0.39, 0.29) is 6.04 Å². The fourth-order valence-corrected chi connectivity index (χ4v) is 3.60. The number of nitrogens with zero attached hydrogens (tertiary/aromatic N) is 2. The zero-order chi connectivity index (χ0) is 15.4. The fraction of sp³-hybridized carbons (Fsp3) is 0.667. The largest absolute Gasteiger partial charge is 0.387 e. The zero-order valence-corrected chi connectivity index (χ0v) is 13.9. The van der Waals surface area contributed by atoms with Gasteiger partial charge < -0.3 is 5.11 Å². The number of hydrogen-bond acceptors (Lipinski definition) is 3. The molecule has 1 aromatic rings. The Bertz CT molecular complexity index is 420. The van der Waals surface area contributed by atoms with E-state index in [2.05, 4.69) is 37.5 Å². The Balaban J connectivity index is 2.13. The van der Waals surface area contributed by atoms with E-state index in [0.717, 1.165) is 31.7 Å². The minimum absolute atomic E-state index is 0.189. The molecule has 1 N–H and O–H groups in total. The van der Waals surface area contributed by atoms with Crippen LogP contribution in [0.25, 0.3) is 0 Å². The van der Waals surface area contributed by atoms with E-state index in [1.807, 2.05) is 30.3 Å². The average Bonchev–Trinajstić information content (AvgIpc) is 2.48. The van der Waals surface area contributed by atoms with E-state index in [0.29, 0.717) is 12.0 Å². The highest BCUT2D eigenvalue weighted by Gasteiger charge is 2.34. The van der Waals surface area contributed by atoms with Crippen LogP contribution in [0.3, 0.4) is 0 Å². The van der Waals surface area contributed by atoms with Gasteiger partial charge in [0.05, 0.1) is 6.10 Å². The van der Waals surface area contributed by atoms with Gasteiger partial charge in [0.25, 0.3) is 0 Å². The number of benzene rings is 1. The molecule has 1 heterocycles. The molecule has 1 aliphatic heterocycles. The van der Waals surface area contributed by atoms with E-state index in [4.69, 9.17) is 0 Å². The first-order chi connectivity index (χ1) is 10.0. The van der Waals surface area contributed by atoms with Gasteiger partial charge in [-0.2, -0.15) is 0 Å². The van der Waals surface area contributed by atoms with E-state index in [1.165, 1.54) is 0 Å². The number of likely N-dealkylation sites (N-methyl/N-ethyl adjacent to an activating group) is 1. The summed E-state index contributed by atoms with van der Waals surface area (Å²) in [6.07, 6.45) is -0.411. The van der Waals surface area contributed by atoms with Crippen LogP contribution in [-0.4, -0.2) is 53.2 Å². The number of hydrogen-bond donors (Lipinski definition) is 1. The van der Waals surface area contributed by atoms with Gasteiger partial charge in [-0.1, -0.05) is 51.1 Å². The second-order valence-corrected chi connectivity index (χ2v) is 6.56. The molecule has 0 saturated carbocycles. The molecule has 0 radical (unpaired) electrons. The van der Waals surface area contributed by atoms with Crippen LogP contribution in [0.4, 0.5) is 0 Å². The maximum absolute atomic E-state index is 10.9. The van der Waals surface area contributed by atoms with Crippen molar-refractivity contribution in [2.24, 2.45) is 5.92 Å². The molecule has 118 valence electrons. The van der Waals surface area contributed by atoms with Gasteiger partial charge in [0.15, 0.2) is 0 Å². The molecule has 0 bridgehead atoms. The van der Waals surface area contributed by atoms with E-state index >= 15 is 0 Å². The highest BCUT2D eigenvalue weighted by atomic mass is 16.3. The Morgan fingerprint density at radius 2 is 1.86 bits per heavy atom. The number of aliphatic hydroxyl groups excluding tert-OH is 1. The lowest BCUT2D eigenvalue weighted by Crippen LogP contribution is -2.57. The highest BCUT2D eigenvalue weighted by Crippen LogP contribution is 2.28. The monoisotopic (exact) mass is 290 g/mol. The molecule has 0 amide bonds. The van der Waals surface area contributed by atoms with Crippen molar-refractivity contribution in [3.63, 3.8) is 0 Å². The first kappa shape index (κ1) is 16.5. The van der Waals surface area contributed by atoms with Crippen LogP contribution in [-0.2, 0) is 0 Å². The van der Waals surface area contributed by atoms with Crippen molar-refractivity contribution < 1.29 is 5.11 Å². The Morgan fingerprint density at radius 1 is 1.19 bits per heavy atom. The third-order valence-electron chi connectivity index (χ3n) is 4.77. The molecular weight excluding hydrogens is 260 g/mol. The Morgan fingerprint density at radius 3 is 2.38 bits per heavy atom. The third kappa shape index (κ3) is 3.85. The minimum Gasteiger partial charge on any atom is -0.387 e. The van der Waals surface area contributed by atoms with Gasteiger partial charge in [-0.15, -0.1) is 0 Å². The van der Waals surface area contributed by atoms with E-state index in [9.17, 15) is 5.11 Å². The second-order valence-electron chi connectivity index (χ2n) is 6.56. The normalized spacial score (nSPS) is 24.2. The van der Waals surface area contributed by atoms with E-state index < -0.39 is 6.10 Å². The molecule has 1 aromatic carbocycles. The molecule has 1 aliphatic rings. The molecule has 0 aliphatic carbocycles. The predicted octanol–water partition coefficient (Wildman–Crippen LogP) is 2.77. The van der Waals surface area contributed by atoms with Gasteiger partial charge in [-0.25, -0.2) is 0 Å². The van der Waals surface area contributed by atoms with Crippen molar-refractivity contribution in [1.82, 2.24) is 9.80 Å². The fourth-order valence-electron chi connectivity index (χ4n) is 3.60. The molecule has 1 saturated heterocycles. The first-order valence-electron chi connectivity index (χ1n) is 8.25.